The van der Waals surface area contributed by atoms with Gasteiger partial charge >= 0.3 is 5.97 Å². The number of hydrogen-bond donors (Lipinski definition) is 1. The maximum atomic E-state index is 11.0. The van der Waals surface area contributed by atoms with Crippen molar-refractivity contribution in [3.63, 3.8) is 0 Å². The van der Waals surface area contributed by atoms with Crippen molar-refractivity contribution < 1.29 is 19.7 Å². The highest BCUT2D eigenvalue weighted by Gasteiger charge is 2.08. The Hall–Kier alpha value is -1.51. The maximum Gasteiger partial charge on any atom is 0.346 e. The number of para-hydroxylation sites is 1. The average Bonchev–Trinajstić information content (AvgIpc) is 2.39. The second-order valence-corrected chi connectivity index (χ2v) is 4.29. The van der Waals surface area contributed by atoms with Gasteiger partial charge in [-0.25, -0.2) is 4.79 Å². The van der Waals surface area contributed by atoms with E-state index >= 15 is 0 Å². The lowest BCUT2D eigenvalue weighted by Crippen LogP contribution is -2.04. The second-order valence-electron chi connectivity index (χ2n) is 3.85. The van der Waals surface area contributed by atoms with Crippen LogP contribution in [0.1, 0.15) is 5.56 Å². The van der Waals surface area contributed by atoms with Gasteiger partial charge in [0.2, 0.25) is 0 Å². The molecule has 0 spiro atoms. The Morgan fingerprint density at radius 1 is 1.10 bits per heavy atom. The van der Waals surface area contributed by atoms with Gasteiger partial charge in [0, 0.05) is 5.02 Å². The van der Waals surface area contributed by atoms with Crippen molar-refractivity contribution in [1.82, 2.24) is 0 Å². The van der Waals surface area contributed by atoms with Gasteiger partial charge in [-0.15, -0.1) is 0 Å². The van der Waals surface area contributed by atoms with Gasteiger partial charge in [-0.2, -0.15) is 5.26 Å². The average molecular weight is 309 g/mol. The summed E-state index contributed by atoms with van der Waals surface area (Å²) in [6.45, 7) is 0. The van der Waals surface area contributed by atoms with Crippen molar-refractivity contribution in [2.45, 2.75) is 6.42 Å². The molecule has 0 unspecified atom stereocenters. The molecule has 2 rings (SSSR count). The number of carbonyl (C=O) groups excluding carboxylic acids is 1. The number of rotatable bonds is 4. The first kappa shape index (κ1) is 16.5. The van der Waals surface area contributed by atoms with Crippen LogP contribution in [0.5, 0.6) is 11.5 Å². The van der Waals surface area contributed by atoms with Crippen molar-refractivity contribution >= 4 is 34.9 Å². The summed E-state index contributed by atoms with van der Waals surface area (Å²) in [6.07, 6.45) is -0.0811. The monoisotopic (exact) mass is 308 g/mol. The molecule has 0 aliphatic heterocycles. The summed E-state index contributed by atoms with van der Waals surface area (Å²) < 4.78 is 5.62. The van der Waals surface area contributed by atoms with Crippen molar-refractivity contribution in [2.24, 2.45) is 0 Å². The van der Waals surface area contributed by atoms with Crippen LogP contribution < -0.4 is 4.74 Å². The van der Waals surface area contributed by atoms with E-state index in [1.165, 1.54) is 0 Å². The lowest BCUT2D eigenvalue weighted by atomic mass is 10.1. The SMILES string of the molecule is O=C(Cc1cc(Cl)cc(Oc2ccccc2)c1)OO.[AlH3]. The van der Waals surface area contributed by atoms with Crippen LogP contribution in [-0.4, -0.2) is 28.6 Å². The van der Waals surface area contributed by atoms with E-state index in [-0.39, 0.29) is 23.8 Å². The molecule has 0 atom stereocenters. The van der Waals surface area contributed by atoms with Crippen LogP contribution in [0.25, 0.3) is 0 Å². The molecule has 0 amide bonds. The zero-order chi connectivity index (χ0) is 13.7. The normalized spacial score (nSPS) is 9.50. The molecule has 0 aromatic heterocycles. The Kier molecular flexibility index (Phi) is 6.56. The molecule has 4 nitrogen and oxygen atoms in total. The van der Waals surface area contributed by atoms with E-state index in [1.807, 2.05) is 30.3 Å². The molecule has 20 heavy (non-hydrogen) atoms. The zero-order valence-electron chi connectivity index (χ0n) is 9.88. The molecule has 0 aliphatic rings. The predicted octanol–water partition coefficient (Wildman–Crippen LogP) is 2.51. The lowest BCUT2D eigenvalue weighted by Gasteiger charge is -2.08. The molecule has 6 heteroatoms. The van der Waals surface area contributed by atoms with Gasteiger partial charge in [0.15, 0.2) is 17.4 Å². The molecule has 0 saturated heterocycles. The predicted molar refractivity (Wildman–Crippen MR) is 80.3 cm³/mol. The molecule has 0 heterocycles. The molecule has 104 valence electrons. The molecule has 2 aromatic carbocycles. The van der Waals surface area contributed by atoms with E-state index < -0.39 is 5.97 Å². The number of ether oxygens (including phenoxy) is 1. The Bertz CT molecular complexity index is 575. The Labute approximate surface area is 132 Å². The first-order valence-electron chi connectivity index (χ1n) is 5.54. The van der Waals surface area contributed by atoms with Gasteiger partial charge in [-0.1, -0.05) is 29.8 Å². The van der Waals surface area contributed by atoms with Crippen LogP contribution in [0, 0.1) is 0 Å². The fourth-order valence-electron chi connectivity index (χ4n) is 1.61. The molecule has 0 fully saturated rings. The van der Waals surface area contributed by atoms with Crippen molar-refractivity contribution in [3.8, 4) is 11.5 Å². The number of halogens is 1. The lowest BCUT2D eigenvalue weighted by molar-refractivity contribution is -0.233. The second kappa shape index (κ2) is 7.93. The largest absolute Gasteiger partial charge is 0.457 e. The number of carbonyl (C=O) groups is 1. The van der Waals surface area contributed by atoms with Crippen LogP contribution in [-0.2, 0) is 16.1 Å². The van der Waals surface area contributed by atoms with E-state index in [2.05, 4.69) is 4.89 Å². The van der Waals surface area contributed by atoms with E-state index in [4.69, 9.17) is 21.6 Å². The highest BCUT2D eigenvalue weighted by Crippen LogP contribution is 2.26. The minimum Gasteiger partial charge on any atom is -0.457 e. The van der Waals surface area contributed by atoms with Gasteiger partial charge in [0.05, 0.1) is 6.42 Å². The number of hydrogen-bond acceptors (Lipinski definition) is 4. The molecular formula is C14H14AlClO4. The summed E-state index contributed by atoms with van der Waals surface area (Å²) in [7, 11) is 0. The quantitative estimate of drug-likeness (QED) is 0.536. The molecule has 0 aliphatic carbocycles. The van der Waals surface area contributed by atoms with Gasteiger partial charge in [-0.3, -0.25) is 0 Å². The van der Waals surface area contributed by atoms with Gasteiger partial charge in [0.25, 0.3) is 0 Å². The van der Waals surface area contributed by atoms with Crippen LogP contribution in [0.3, 0.4) is 0 Å². The molecule has 0 radical (unpaired) electrons. The van der Waals surface area contributed by atoms with Crippen LogP contribution >= 0.6 is 11.6 Å². The fraction of sp³-hybridized carbons (Fsp3) is 0.0714. The molecule has 0 saturated carbocycles. The van der Waals surface area contributed by atoms with Crippen molar-refractivity contribution in [1.29, 1.82) is 0 Å². The van der Waals surface area contributed by atoms with E-state index in [0.717, 1.165) is 0 Å². The molecule has 2 aromatic rings. The zero-order valence-corrected chi connectivity index (χ0v) is 10.6. The van der Waals surface area contributed by atoms with E-state index in [1.54, 1.807) is 18.2 Å². The summed E-state index contributed by atoms with van der Waals surface area (Å²) in [4.78, 5) is 14.6. The minimum absolute atomic E-state index is 0. The molecule has 0 bridgehead atoms. The van der Waals surface area contributed by atoms with Crippen molar-refractivity contribution in [2.75, 3.05) is 0 Å². The first-order valence-corrected chi connectivity index (χ1v) is 5.92. The third-order valence-corrected chi connectivity index (χ3v) is 2.58. The topological polar surface area (TPSA) is 55.8 Å². The summed E-state index contributed by atoms with van der Waals surface area (Å²) in [5, 5.41) is 8.70. The van der Waals surface area contributed by atoms with Crippen LogP contribution in [0.15, 0.2) is 48.5 Å². The highest BCUT2D eigenvalue weighted by atomic mass is 35.5. The first-order chi connectivity index (χ1) is 9.17. The summed E-state index contributed by atoms with van der Waals surface area (Å²) in [6, 6.07) is 14.1. The highest BCUT2D eigenvalue weighted by molar-refractivity contribution is 6.30. The van der Waals surface area contributed by atoms with Crippen LogP contribution in [0.2, 0.25) is 5.02 Å². The molecule has 1 N–H and O–H groups in total. The van der Waals surface area contributed by atoms with E-state index in [9.17, 15) is 4.79 Å². The summed E-state index contributed by atoms with van der Waals surface area (Å²) in [5.74, 6) is 0.424. The fourth-order valence-corrected chi connectivity index (χ4v) is 1.85. The Balaban J connectivity index is 0.00000200. The number of benzene rings is 2. The Morgan fingerprint density at radius 2 is 1.80 bits per heavy atom. The van der Waals surface area contributed by atoms with E-state index in [0.29, 0.717) is 22.1 Å². The van der Waals surface area contributed by atoms with Gasteiger partial charge in [-0.05, 0) is 35.9 Å². The van der Waals surface area contributed by atoms with Crippen LogP contribution in [0.4, 0.5) is 0 Å². The maximum absolute atomic E-state index is 11.0. The minimum atomic E-state index is -0.757. The van der Waals surface area contributed by atoms with Gasteiger partial charge in [0.1, 0.15) is 11.5 Å². The summed E-state index contributed by atoms with van der Waals surface area (Å²) >= 11 is 5.95. The Morgan fingerprint density at radius 3 is 2.45 bits per heavy atom. The van der Waals surface area contributed by atoms with Crippen molar-refractivity contribution in [3.05, 3.63) is 59.1 Å². The third-order valence-electron chi connectivity index (χ3n) is 2.36. The summed E-state index contributed by atoms with van der Waals surface area (Å²) in [5.41, 5.74) is 0.595. The van der Waals surface area contributed by atoms with Gasteiger partial charge < -0.3 is 9.62 Å². The standard InChI is InChI=1S/C14H11ClO4.Al.3H/c15-11-6-10(8-14(16)19-17)7-13(9-11)18-12-4-2-1-3-5-12;;;;/h1-7,9,17H,8H2;;;;. The third kappa shape index (κ3) is 4.88. The smallest absolute Gasteiger partial charge is 0.346 e. The molecular weight excluding hydrogens is 295 g/mol.